The van der Waals surface area contributed by atoms with E-state index in [2.05, 4.69) is 36.1 Å². The highest BCUT2D eigenvalue weighted by Gasteiger charge is 2.27. The first-order valence-electron chi connectivity index (χ1n) is 8.11. The normalized spacial score (nSPS) is 24.8. The van der Waals surface area contributed by atoms with E-state index in [-0.39, 0.29) is 0 Å². The van der Waals surface area contributed by atoms with Gasteiger partial charge in [0.2, 0.25) is 0 Å². The first kappa shape index (κ1) is 15.0. The van der Waals surface area contributed by atoms with E-state index in [1.54, 1.807) is 0 Å². The fraction of sp³-hybridized carbons (Fsp3) is 0.647. The van der Waals surface area contributed by atoms with Gasteiger partial charge in [-0.05, 0) is 24.7 Å². The van der Waals surface area contributed by atoms with Gasteiger partial charge < -0.3 is 14.8 Å². The summed E-state index contributed by atoms with van der Waals surface area (Å²) in [5.74, 6) is 3.05. The summed E-state index contributed by atoms with van der Waals surface area (Å²) in [7, 11) is 0. The van der Waals surface area contributed by atoms with Gasteiger partial charge in [0.25, 0.3) is 0 Å². The van der Waals surface area contributed by atoms with Crippen LogP contribution < -0.4 is 14.8 Å². The molecule has 2 aliphatic rings. The van der Waals surface area contributed by atoms with Crippen molar-refractivity contribution in [1.82, 2.24) is 5.32 Å². The van der Waals surface area contributed by atoms with Crippen molar-refractivity contribution in [2.24, 2.45) is 0 Å². The molecule has 0 saturated heterocycles. The van der Waals surface area contributed by atoms with E-state index in [4.69, 9.17) is 9.47 Å². The molecular weight excluding hydrogens is 282 g/mol. The lowest BCUT2D eigenvalue weighted by atomic mass is 10.1. The number of hydrogen-bond acceptors (Lipinski definition) is 4. The number of benzene rings is 1. The minimum absolute atomic E-state index is 0.637. The zero-order chi connectivity index (χ0) is 14.5. The van der Waals surface area contributed by atoms with Crippen LogP contribution in [0.4, 0.5) is 0 Å². The molecule has 21 heavy (non-hydrogen) atoms. The zero-order valence-corrected chi connectivity index (χ0v) is 13.6. The minimum Gasteiger partial charge on any atom is -0.490 e. The highest BCUT2D eigenvalue weighted by molar-refractivity contribution is 7.99. The van der Waals surface area contributed by atoms with Gasteiger partial charge in [-0.15, -0.1) is 0 Å². The van der Waals surface area contributed by atoms with Crippen molar-refractivity contribution in [1.29, 1.82) is 0 Å². The summed E-state index contributed by atoms with van der Waals surface area (Å²) in [6.45, 7) is 4.63. The van der Waals surface area contributed by atoms with Crippen LogP contribution in [0, 0.1) is 0 Å². The molecule has 1 fully saturated rings. The Balaban J connectivity index is 1.65. The summed E-state index contributed by atoms with van der Waals surface area (Å²) in [4.78, 5) is 0. The Morgan fingerprint density at radius 3 is 3.00 bits per heavy atom. The topological polar surface area (TPSA) is 30.5 Å². The Kier molecular flexibility index (Phi) is 5.31. The average molecular weight is 307 g/mol. The van der Waals surface area contributed by atoms with E-state index >= 15 is 0 Å². The van der Waals surface area contributed by atoms with Gasteiger partial charge in [0.1, 0.15) is 0 Å². The van der Waals surface area contributed by atoms with Gasteiger partial charge in [0, 0.05) is 29.8 Å². The Labute approximate surface area is 131 Å². The van der Waals surface area contributed by atoms with Crippen LogP contribution in [0.2, 0.25) is 0 Å². The van der Waals surface area contributed by atoms with Crippen LogP contribution in [-0.4, -0.2) is 30.3 Å². The van der Waals surface area contributed by atoms with Crippen LogP contribution >= 0.6 is 11.8 Å². The molecule has 0 bridgehead atoms. The Morgan fingerprint density at radius 1 is 1.19 bits per heavy atom. The molecule has 1 heterocycles. The van der Waals surface area contributed by atoms with Gasteiger partial charge in [-0.2, -0.15) is 11.8 Å². The second-order valence-corrected chi connectivity index (χ2v) is 7.22. The summed E-state index contributed by atoms with van der Waals surface area (Å²) < 4.78 is 11.7. The molecule has 0 amide bonds. The quantitative estimate of drug-likeness (QED) is 0.900. The van der Waals surface area contributed by atoms with Gasteiger partial charge in [-0.3, -0.25) is 0 Å². The molecule has 3 rings (SSSR count). The summed E-state index contributed by atoms with van der Waals surface area (Å²) in [5.41, 5.74) is 1.22. The molecule has 2 unspecified atom stereocenters. The second-order valence-electron chi connectivity index (χ2n) is 5.71. The molecule has 1 saturated carbocycles. The first-order chi connectivity index (χ1) is 10.4. The van der Waals surface area contributed by atoms with Gasteiger partial charge in [0.15, 0.2) is 11.5 Å². The molecule has 0 aromatic heterocycles. The number of fused-ring (bicyclic) bond motifs is 1. The van der Waals surface area contributed by atoms with Gasteiger partial charge in [-0.25, -0.2) is 0 Å². The maximum Gasteiger partial charge on any atom is 0.165 e. The first-order valence-corrected chi connectivity index (χ1v) is 9.16. The van der Waals surface area contributed by atoms with Gasteiger partial charge in [0.05, 0.1) is 13.2 Å². The van der Waals surface area contributed by atoms with Crippen LogP contribution in [0.15, 0.2) is 18.2 Å². The van der Waals surface area contributed by atoms with Crippen molar-refractivity contribution in [2.45, 2.75) is 50.4 Å². The standard InChI is InChI=1S/C17H25NO2S/c1-2-21-16-9-4-7-14(16)18-12-13-6-3-8-15-17(13)20-11-5-10-19-15/h3,6,8,14,16,18H,2,4-5,7,9-12H2,1H3. The largest absolute Gasteiger partial charge is 0.490 e. The lowest BCUT2D eigenvalue weighted by molar-refractivity contribution is 0.295. The maximum absolute atomic E-state index is 5.90. The van der Waals surface area contributed by atoms with Gasteiger partial charge >= 0.3 is 0 Å². The maximum atomic E-state index is 5.90. The number of rotatable bonds is 5. The summed E-state index contributed by atoms with van der Waals surface area (Å²) in [6, 6.07) is 6.86. The van der Waals surface area contributed by atoms with Crippen LogP contribution in [0.5, 0.6) is 11.5 Å². The third kappa shape index (κ3) is 3.67. The third-order valence-electron chi connectivity index (χ3n) is 4.24. The zero-order valence-electron chi connectivity index (χ0n) is 12.8. The molecule has 0 radical (unpaired) electrons. The molecule has 1 N–H and O–H groups in total. The summed E-state index contributed by atoms with van der Waals surface area (Å²) >= 11 is 2.10. The highest BCUT2D eigenvalue weighted by atomic mass is 32.2. The van der Waals surface area contributed by atoms with Crippen molar-refractivity contribution in [3.8, 4) is 11.5 Å². The lowest BCUT2D eigenvalue weighted by Crippen LogP contribution is -2.33. The summed E-state index contributed by atoms with van der Waals surface area (Å²) in [6.07, 6.45) is 4.95. The van der Waals surface area contributed by atoms with Gasteiger partial charge in [-0.1, -0.05) is 25.5 Å². The molecule has 4 heteroatoms. The Hall–Kier alpha value is -0.870. The number of nitrogens with one attached hydrogen (secondary N) is 1. The SMILES string of the molecule is CCSC1CCCC1NCc1cccc2c1OCCCO2. The molecule has 0 spiro atoms. The molecule has 1 aliphatic heterocycles. The van der Waals surface area contributed by atoms with E-state index in [1.807, 2.05) is 6.07 Å². The molecule has 116 valence electrons. The fourth-order valence-corrected chi connectivity index (χ4v) is 4.43. The van der Waals surface area contributed by atoms with Crippen molar-refractivity contribution in [3.63, 3.8) is 0 Å². The molecular formula is C17H25NO2S. The van der Waals surface area contributed by atoms with Crippen LogP contribution in [0.25, 0.3) is 0 Å². The van der Waals surface area contributed by atoms with E-state index in [1.165, 1.54) is 30.6 Å². The fourth-order valence-electron chi connectivity index (χ4n) is 3.21. The average Bonchev–Trinajstić information content (AvgIpc) is 2.80. The van der Waals surface area contributed by atoms with E-state index < -0.39 is 0 Å². The van der Waals surface area contributed by atoms with E-state index in [9.17, 15) is 0 Å². The number of para-hydroxylation sites is 1. The number of thioether (sulfide) groups is 1. The van der Waals surface area contributed by atoms with Crippen molar-refractivity contribution in [3.05, 3.63) is 23.8 Å². The van der Waals surface area contributed by atoms with Crippen molar-refractivity contribution in [2.75, 3.05) is 19.0 Å². The minimum atomic E-state index is 0.637. The molecule has 2 atom stereocenters. The van der Waals surface area contributed by atoms with Crippen LogP contribution in [-0.2, 0) is 6.54 Å². The second kappa shape index (κ2) is 7.41. The van der Waals surface area contributed by atoms with E-state index in [0.29, 0.717) is 6.04 Å². The molecule has 3 nitrogen and oxygen atoms in total. The predicted molar refractivity (Wildman–Crippen MR) is 88.4 cm³/mol. The lowest BCUT2D eigenvalue weighted by Gasteiger charge is -2.21. The smallest absolute Gasteiger partial charge is 0.165 e. The Bertz CT molecular complexity index is 466. The Morgan fingerprint density at radius 2 is 2.10 bits per heavy atom. The van der Waals surface area contributed by atoms with E-state index in [0.717, 1.165) is 42.9 Å². The predicted octanol–water partition coefficient (Wildman–Crippen LogP) is 3.61. The highest BCUT2D eigenvalue weighted by Crippen LogP contribution is 2.34. The van der Waals surface area contributed by atoms with Crippen molar-refractivity contribution >= 4 is 11.8 Å². The van der Waals surface area contributed by atoms with Crippen LogP contribution in [0.3, 0.4) is 0 Å². The molecule has 1 aromatic carbocycles. The van der Waals surface area contributed by atoms with Crippen molar-refractivity contribution < 1.29 is 9.47 Å². The third-order valence-corrected chi connectivity index (χ3v) is 5.57. The summed E-state index contributed by atoms with van der Waals surface area (Å²) in [5, 5.41) is 4.52. The monoisotopic (exact) mass is 307 g/mol. The number of ether oxygens (including phenoxy) is 2. The molecule has 1 aromatic rings. The van der Waals surface area contributed by atoms with Crippen LogP contribution in [0.1, 0.15) is 38.2 Å². The molecule has 1 aliphatic carbocycles. The number of hydrogen-bond donors (Lipinski definition) is 1.